The Hall–Kier alpha value is -2.20. The first kappa shape index (κ1) is 17.6. The molecule has 0 aliphatic rings. The van der Waals surface area contributed by atoms with Crippen LogP contribution >= 0.6 is 11.8 Å². The van der Waals surface area contributed by atoms with Gasteiger partial charge in [0.1, 0.15) is 5.25 Å². The fraction of sp³-hybridized carbons (Fsp3) is 0.286. The van der Waals surface area contributed by atoms with E-state index >= 15 is 0 Å². The zero-order chi connectivity index (χ0) is 17.8. The Balaban J connectivity index is 1.93. The van der Waals surface area contributed by atoms with E-state index < -0.39 is 0 Å². The molecule has 0 saturated heterocycles. The number of carbonyl (C=O) groups is 1. The number of nitrogens with zero attached hydrogens (tertiary/aromatic N) is 1. The smallest absolute Gasteiger partial charge is 0.319 e. The van der Waals surface area contributed by atoms with Gasteiger partial charge in [-0.3, -0.25) is 4.79 Å². The standard InChI is InChI=1S/C21H23NO2S/c1-4-24-21(23)16(3)25-20-14-22(19-12-8-7-11-18(19)20)13-17-10-6-5-9-15(17)2/h5-12,14,16H,4,13H2,1-3H3. The molecule has 4 heteroatoms. The minimum atomic E-state index is -0.224. The van der Waals surface area contributed by atoms with Crippen molar-refractivity contribution in [2.75, 3.05) is 6.61 Å². The van der Waals surface area contributed by atoms with Crippen molar-refractivity contribution in [1.29, 1.82) is 0 Å². The van der Waals surface area contributed by atoms with Crippen LogP contribution in [0.4, 0.5) is 0 Å². The molecule has 130 valence electrons. The van der Waals surface area contributed by atoms with Crippen LogP contribution in [0.2, 0.25) is 0 Å². The molecule has 1 unspecified atom stereocenters. The van der Waals surface area contributed by atoms with Gasteiger partial charge in [0.2, 0.25) is 0 Å². The van der Waals surface area contributed by atoms with Crippen LogP contribution in [0.1, 0.15) is 25.0 Å². The van der Waals surface area contributed by atoms with Gasteiger partial charge in [-0.05, 0) is 38.0 Å². The highest BCUT2D eigenvalue weighted by atomic mass is 32.2. The minimum Gasteiger partial charge on any atom is -0.465 e. The van der Waals surface area contributed by atoms with E-state index in [-0.39, 0.29) is 11.2 Å². The molecule has 0 radical (unpaired) electrons. The maximum Gasteiger partial charge on any atom is 0.319 e. The quantitative estimate of drug-likeness (QED) is 0.459. The SMILES string of the molecule is CCOC(=O)C(C)Sc1cn(Cc2ccccc2C)c2ccccc12. The number of aryl methyl sites for hydroxylation is 1. The van der Waals surface area contributed by atoms with Crippen LogP contribution in [-0.4, -0.2) is 22.4 Å². The normalized spacial score (nSPS) is 12.3. The van der Waals surface area contributed by atoms with Crippen LogP contribution in [0.15, 0.2) is 59.6 Å². The summed E-state index contributed by atoms with van der Waals surface area (Å²) in [6.07, 6.45) is 2.15. The first-order valence-corrected chi connectivity index (χ1v) is 9.43. The molecule has 3 rings (SSSR count). The lowest BCUT2D eigenvalue weighted by Crippen LogP contribution is -2.16. The number of para-hydroxylation sites is 1. The predicted octanol–water partition coefficient (Wildman–Crippen LogP) is 5.04. The van der Waals surface area contributed by atoms with E-state index in [2.05, 4.69) is 60.2 Å². The molecule has 1 atom stereocenters. The molecule has 0 spiro atoms. The lowest BCUT2D eigenvalue weighted by molar-refractivity contribution is -0.142. The van der Waals surface area contributed by atoms with E-state index in [0.29, 0.717) is 6.61 Å². The van der Waals surface area contributed by atoms with Gasteiger partial charge < -0.3 is 9.30 Å². The van der Waals surface area contributed by atoms with E-state index in [1.54, 1.807) is 11.8 Å². The molecule has 0 fully saturated rings. The number of carbonyl (C=O) groups excluding carboxylic acids is 1. The molecule has 0 N–H and O–H groups in total. The largest absolute Gasteiger partial charge is 0.465 e. The van der Waals surface area contributed by atoms with Crippen LogP contribution in [0.25, 0.3) is 10.9 Å². The van der Waals surface area contributed by atoms with Gasteiger partial charge in [0.15, 0.2) is 0 Å². The third-order valence-electron chi connectivity index (χ3n) is 4.28. The van der Waals surface area contributed by atoms with Crippen molar-refractivity contribution in [1.82, 2.24) is 4.57 Å². The summed E-state index contributed by atoms with van der Waals surface area (Å²) in [5.41, 5.74) is 3.77. The Morgan fingerprint density at radius 3 is 2.64 bits per heavy atom. The van der Waals surface area contributed by atoms with Gasteiger partial charge in [-0.15, -0.1) is 11.8 Å². The number of thioether (sulfide) groups is 1. The van der Waals surface area contributed by atoms with Crippen LogP contribution in [0, 0.1) is 6.92 Å². The fourth-order valence-corrected chi connectivity index (χ4v) is 3.94. The average Bonchev–Trinajstić information content (AvgIpc) is 2.95. The monoisotopic (exact) mass is 353 g/mol. The Labute approximate surface area is 153 Å². The summed E-state index contributed by atoms with van der Waals surface area (Å²) in [5.74, 6) is -0.164. The zero-order valence-electron chi connectivity index (χ0n) is 14.9. The number of hydrogen-bond donors (Lipinski definition) is 0. The Kier molecular flexibility index (Phi) is 5.49. The third kappa shape index (κ3) is 3.90. The summed E-state index contributed by atoms with van der Waals surface area (Å²) in [6, 6.07) is 16.8. The summed E-state index contributed by atoms with van der Waals surface area (Å²) < 4.78 is 7.40. The number of esters is 1. The summed E-state index contributed by atoms with van der Waals surface area (Å²) in [4.78, 5) is 13.1. The lowest BCUT2D eigenvalue weighted by Gasteiger charge is -2.09. The third-order valence-corrected chi connectivity index (χ3v) is 5.40. The molecule has 0 amide bonds. The van der Waals surface area contributed by atoms with E-state index in [4.69, 9.17) is 4.74 Å². The van der Waals surface area contributed by atoms with E-state index in [1.807, 2.05) is 19.9 Å². The lowest BCUT2D eigenvalue weighted by atomic mass is 10.1. The van der Waals surface area contributed by atoms with E-state index in [1.165, 1.54) is 22.0 Å². The predicted molar refractivity (Wildman–Crippen MR) is 104 cm³/mol. The van der Waals surface area contributed by atoms with Crippen molar-refractivity contribution in [2.24, 2.45) is 0 Å². The van der Waals surface area contributed by atoms with Gasteiger partial charge in [0.05, 0.1) is 6.61 Å². The van der Waals surface area contributed by atoms with Crippen molar-refractivity contribution >= 4 is 28.6 Å². The first-order chi connectivity index (χ1) is 12.1. The second-order valence-corrected chi connectivity index (χ2v) is 7.46. The molecule has 25 heavy (non-hydrogen) atoms. The summed E-state index contributed by atoms with van der Waals surface area (Å²) >= 11 is 1.56. The van der Waals surface area contributed by atoms with Crippen LogP contribution in [0.5, 0.6) is 0 Å². The Bertz CT molecular complexity index is 884. The number of benzene rings is 2. The van der Waals surface area contributed by atoms with Crippen molar-refractivity contribution in [3.05, 3.63) is 65.9 Å². The van der Waals surface area contributed by atoms with Crippen molar-refractivity contribution < 1.29 is 9.53 Å². The van der Waals surface area contributed by atoms with Crippen LogP contribution in [0.3, 0.4) is 0 Å². The highest BCUT2D eigenvalue weighted by Gasteiger charge is 2.18. The topological polar surface area (TPSA) is 31.2 Å². The maximum atomic E-state index is 12.0. The summed E-state index contributed by atoms with van der Waals surface area (Å²) in [5, 5.41) is 0.954. The van der Waals surface area contributed by atoms with Gasteiger partial charge >= 0.3 is 5.97 Å². The minimum absolute atomic E-state index is 0.164. The van der Waals surface area contributed by atoms with Gasteiger partial charge in [0.25, 0.3) is 0 Å². The van der Waals surface area contributed by atoms with E-state index in [9.17, 15) is 4.79 Å². The van der Waals surface area contributed by atoms with Crippen molar-refractivity contribution in [3.63, 3.8) is 0 Å². The average molecular weight is 353 g/mol. The molecule has 0 aliphatic heterocycles. The maximum absolute atomic E-state index is 12.0. The molecule has 2 aromatic carbocycles. The fourth-order valence-electron chi connectivity index (χ4n) is 2.91. The Morgan fingerprint density at radius 2 is 1.88 bits per heavy atom. The van der Waals surface area contributed by atoms with Gasteiger partial charge in [0, 0.05) is 28.5 Å². The van der Waals surface area contributed by atoms with Crippen LogP contribution in [-0.2, 0) is 16.1 Å². The number of rotatable bonds is 6. The second-order valence-electron chi connectivity index (χ2n) is 6.08. The van der Waals surface area contributed by atoms with Crippen molar-refractivity contribution in [3.8, 4) is 0 Å². The molecule has 1 aromatic heterocycles. The number of hydrogen-bond acceptors (Lipinski definition) is 3. The molecule has 3 aromatic rings. The van der Waals surface area contributed by atoms with Gasteiger partial charge in [-0.25, -0.2) is 0 Å². The molecule has 0 saturated carbocycles. The van der Waals surface area contributed by atoms with E-state index in [0.717, 1.165) is 11.4 Å². The number of ether oxygens (including phenoxy) is 1. The highest BCUT2D eigenvalue weighted by molar-refractivity contribution is 8.00. The first-order valence-electron chi connectivity index (χ1n) is 8.55. The van der Waals surface area contributed by atoms with Gasteiger partial charge in [-0.1, -0.05) is 42.5 Å². The van der Waals surface area contributed by atoms with Crippen molar-refractivity contribution in [2.45, 2.75) is 37.5 Å². The molecular weight excluding hydrogens is 330 g/mol. The summed E-state index contributed by atoms with van der Waals surface area (Å²) in [6.45, 7) is 7.11. The molecule has 0 aliphatic carbocycles. The van der Waals surface area contributed by atoms with Crippen LogP contribution < -0.4 is 0 Å². The molecule has 0 bridgehead atoms. The molecular formula is C21H23NO2S. The van der Waals surface area contributed by atoms with Gasteiger partial charge in [-0.2, -0.15) is 0 Å². The highest BCUT2D eigenvalue weighted by Crippen LogP contribution is 2.33. The zero-order valence-corrected chi connectivity index (χ0v) is 15.7. The number of aromatic nitrogens is 1. The summed E-state index contributed by atoms with van der Waals surface area (Å²) in [7, 11) is 0. The molecule has 3 nitrogen and oxygen atoms in total. The number of fused-ring (bicyclic) bond motifs is 1. The molecule has 1 heterocycles. The Morgan fingerprint density at radius 1 is 1.16 bits per heavy atom. The second kappa shape index (κ2) is 7.79.